The molecule has 0 aliphatic heterocycles. The molecule has 0 N–H and O–H groups in total. The molecule has 2 rings (SSSR count). The average molecular weight is 517 g/mol. The van der Waals surface area contributed by atoms with Crippen molar-refractivity contribution >= 4 is 23.9 Å². The molecule has 0 bridgehead atoms. The van der Waals surface area contributed by atoms with Gasteiger partial charge in [0, 0.05) is 10.6 Å². The first-order valence-corrected chi connectivity index (χ1v) is 11.5. The van der Waals surface area contributed by atoms with E-state index in [-0.39, 0.29) is 25.1 Å². The minimum absolute atomic E-state index is 0.0615. The zero-order chi connectivity index (χ0) is 26.3. The lowest BCUT2D eigenvalue weighted by molar-refractivity contribution is -0.191. The minimum Gasteiger partial charge on any atom is -0.493 e. The highest BCUT2D eigenvalue weighted by Crippen LogP contribution is 2.30. The van der Waals surface area contributed by atoms with Crippen LogP contribution in [0.15, 0.2) is 47.4 Å². The third-order valence-electron chi connectivity index (χ3n) is 4.33. The predicted octanol–water partition coefficient (Wildman–Crippen LogP) is 4.95. The first-order chi connectivity index (χ1) is 16.6. The maximum absolute atomic E-state index is 12.7. The fraction of sp³-hybridized carbons (Fsp3) is 0.417. The lowest BCUT2D eigenvalue weighted by atomic mass is 10.2. The van der Waals surface area contributed by atoms with Crippen molar-refractivity contribution in [2.24, 2.45) is 0 Å². The molecule has 35 heavy (non-hydrogen) atoms. The first kappa shape index (κ1) is 30.0. The Bertz CT molecular complexity index is 943. The number of rotatable bonds is 12. The first-order valence-electron chi connectivity index (χ1n) is 10.5. The lowest BCUT2D eigenvalue weighted by Gasteiger charge is -2.18. The summed E-state index contributed by atoms with van der Waals surface area (Å²) in [4.78, 5) is 28.7. The van der Waals surface area contributed by atoms with Gasteiger partial charge in [0.15, 0.2) is 0 Å². The number of methoxy groups -OCH3 is 1. The normalized spacial score (nSPS) is 11.5. The van der Waals surface area contributed by atoms with Crippen LogP contribution in [0, 0.1) is 6.92 Å². The summed E-state index contributed by atoms with van der Waals surface area (Å²) in [6, 6.07) is 10.3. The number of esters is 1. The molecule has 0 spiro atoms. The Morgan fingerprint density at radius 2 is 1.74 bits per heavy atom. The number of halogens is 3. The van der Waals surface area contributed by atoms with Gasteiger partial charge in [-0.1, -0.05) is 6.92 Å². The molecule has 0 aromatic heterocycles. The Morgan fingerprint density at radius 1 is 1.09 bits per heavy atom. The molecule has 0 fully saturated rings. The Kier molecular flexibility index (Phi) is 13.6. The zero-order valence-electron chi connectivity index (χ0n) is 19.6. The third kappa shape index (κ3) is 11.8. The van der Waals surface area contributed by atoms with E-state index in [1.807, 2.05) is 32.0 Å². The second kappa shape index (κ2) is 15.8. The molecule has 11 heteroatoms. The standard InChI is InChI=1S/C23H27F3O5S.CO2/c1-4-11-29-21-10-9-20(12-16(21)2)32-15-19(31-14-22(27)28-3)13-30-18-7-5-17(6-8-18)23(24,25)26;2-1-3/h5-10,12,19H,4,11,13-15H2,1-3H3;. The second-order valence-corrected chi connectivity index (χ2v) is 8.11. The molecular weight excluding hydrogens is 489 g/mol. The van der Waals surface area contributed by atoms with E-state index in [0.717, 1.165) is 34.8 Å². The van der Waals surface area contributed by atoms with Crippen LogP contribution >= 0.6 is 11.8 Å². The monoisotopic (exact) mass is 516 g/mol. The van der Waals surface area contributed by atoms with Crippen LogP contribution in [0.2, 0.25) is 0 Å². The van der Waals surface area contributed by atoms with Crippen LogP contribution in [0.25, 0.3) is 0 Å². The van der Waals surface area contributed by atoms with Crippen molar-refractivity contribution in [3.05, 3.63) is 53.6 Å². The molecular formula is C24H27F3O7S. The summed E-state index contributed by atoms with van der Waals surface area (Å²) in [5, 5.41) is 0. The van der Waals surface area contributed by atoms with Crippen molar-refractivity contribution in [1.82, 2.24) is 0 Å². The fourth-order valence-electron chi connectivity index (χ4n) is 2.59. The van der Waals surface area contributed by atoms with Gasteiger partial charge in [0.25, 0.3) is 0 Å². The van der Waals surface area contributed by atoms with Gasteiger partial charge < -0.3 is 18.9 Å². The van der Waals surface area contributed by atoms with E-state index < -0.39 is 23.8 Å². The van der Waals surface area contributed by atoms with Gasteiger partial charge in [-0.25, -0.2) is 4.79 Å². The number of alkyl halides is 3. The number of carbonyl (C=O) groups excluding carboxylic acids is 3. The number of hydrogen-bond acceptors (Lipinski definition) is 8. The molecule has 0 aliphatic carbocycles. The van der Waals surface area contributed by atoms with Crippen molar-refractivity contribution in [3.63, 3.8) is 0 Å². The molecule has 2 aromatic rings. The molecule has 192 valence electrons. The van der Waals surface area contributed by atoms with Crippen molar-refractivity contribution in [2.45, 2.75) is 37.4 Å². The van der Waals surface area contributed by atoms with E-state index in [1.165, 1.54) is 31.0 Å². The summed E-state index contributed by atoms with van der Waals surface area (Å²) < 4.78 is 59.6. The van der Waals surface area contributed by atoms with E-state index in [2.05, 4.69) is 4.74 Å². The SMILES string of the molecule is CCCOc1ccc(SCC(COc2ccc(C(F)(F)F)cc2)OCC(=O)OC)cc1C.O=C=O. The molecule has 0 aliphatic rings. The topological polar surface area (TPSA) is 88.1 Å². The Hall–Kier alpha value is -3.01. The molecule has 0 saturated heterocycles. The number of benzene rings is 2. The highest BCUT2D eigenvalue weighted by atomic mass is 32.2. The van der Waals surface area contributed by atoms with Crippen molar-refractivity contribution < 1.29 is 46.5 Å². The van der Waals surface area contributed by atoms with Crippen molar-refractivity contribution in [1.29, 1.82) is 0 Å². The van der Waals surface area contributed by atoms with E-state index in [9.17, 15) is 18.0 Å². The van der Waals surface area contributed by atoms with Gasteiger partial charge in [-0.2, -0.15) is 22.8 Å². The highest BCUT2D eigenvalue weighted by molar-refractivity contribution is 7.99. The molecule has 7 nitrogen and oxygen atoms in total. The molecule has 0 amide bonds. The Balaban J connectivity index is 0.00000194. The summed E-state index contributed by atoms with van der Waals surface area (Å²) in [5.74, 6) is 1.05. The number of aryl methyl sites for hydroxylation is 1. The fourth-order valence-corrected chi connectivity index (χ4v) is 3.59. The summed E-state index contributed by atoms with van der Waals surface area (Å²) in [6.07, 6.45) is -3.72. The van der Waals surface area contributed by atoms with Crippen LogP contribution in [-0.4, -0.2) is 50.9 Å². The predicted molar refractivity (Wildman–Crippen MR) is 121 cm³/mol. The van der Waals surface area contributed by atoms with E-state index in [4.69, 9.17) is 23.8 Å². The third-order valence-corrected chi connectivity index (χ3v) is 5.45. The van der Waals surface area contributed by atoms with Crippen molar-refractivity contribution in [2.75, 3.05) is 32.7 Å². The van der Waals surface area contributed by atoms with Gasteiger partial charge in [-0.15, -0.1) is 11.8 Å². The molecule has 1 unspecified atom stereocenters. The number of ether oxygens (including phenoxy) is 4. The molecule has 2 aromatic carbocycles. The largest absolute Gasteiger partial charge is 0.493 e. The van der Waals surface area contributed by atoms with Crippen molar-refractivity contribution in [3.8, 4) is 11.5 Å². The molecule has 1 atom stereocenters. The zero-order valence-corrected chi connectivity index (χ0v) is 20.4. The van der Waals surface area contributed by atoms with E-state index >= 15 is 0 Å². The summed E-state index contributed by atoms with van der Waals surface area (Å²) in [6.45, 7) is 4.47. The lowest BCUT2D eigenvalue weighted by Crippen LogP contribution is -2.27. The maximum Gasteiger partial charge on any atom is 0.416 e. The summed E-state index contributed by atoms with van der Waals surface area (Å²) in [7, 11) is 1.26. The average Bonchev–Trinajstić information content (AvgIpc) is 2.83. The van der Waals surface area contributed by atoms with Gasteiger partial charge in [0.2, 0.25) is 0 Å². The van der Waals surface area contributed by atoms with Gasteiger partial charge >= 0.3 is 18.3 Å². The summed E-state index contributed by atoms with van der Waals surface area (Å²) in [5.41, 5.74) is 0.261. The van der Waals surface area contributed by atoms with E-state index in [1.54, 1.807) is 0 Å². The van der Waals surface area contributed by atoms with Crippen LogP contribution in [0.4, 0.5) is 13.2 Å². The van der Waals surface area contributed by atoms with Gasteiger partial charge in [0.05, 0.1) is 19.3 Å². The summed E-state index contributed by atoms with van der Waals surface area (Å²) >= 11 is 1.51. The van der Waals surface area contributed by atoms with Crippen LogP contribution in [0.5, 0.6) is 11.5 Å². The second-order valence-electron chi connectivity index (χ2n) is 7.01. The quantitative estimate of drug-likeness (QED) is 0.289. The minimum atomic E-state index is -4.41. The van der Waals surface area contributed by atoms with Gasteiger partial charge in [0.1, 0.15) is 30.8 Å². The van der Waals surface area contributed by atoms with Gasteiger partial charge in [-0.3, -0.25) is 0 Å². The Labute approximate surface area is 205 Å². The van der Waals surface area contributed by atoms with Crippen LogP contribution < -0.4 is 9.47 Å². The van der Waals surface area contributed by atoms with Crippen LogP contribution in [0.1, 0.15) is 24.5 Å². The highest BCUT2D eigenvalue weighted by Gasteiger charge is 2.30. The molecule has 0 radical (unpaired) electrons. The van der Waals surface area contributed by atoms with Crippen LogP contribution in [-0.2, 0) is 30.0 Å². The van der Waals surface area contributed by atoms with E-state index in [0.29, 0.717) is 12.4 Å². The number of hydrogen-bond donors (Lipinski definition) is 0. The number of thioether (sulfide) groups is 1. The molecule has 0 heterocycles. The number of carbonyl (C=O) groups is 1. The molecule has 0 saturated carbocycles. The maximum atomic E-state index is 12.7. The smallest absolute Gasteiger partial charge is 0.416 e. The Morgan fingerprint density at radius 3 is 2.29 bits per heavy atom. The van der Waals surface area contributed by atoms with Crippen LogP contribution in [0.3, 0.4) is 0 Å². The van der Waals surface area contributed by atoms with Gasteiger partial charge in [-0.05, 0) is 61.4 Å².